The van der Waals surface area contributed by atoms with Gasteiger partial charge in [-0.25, -0.2) is 0 Å². The van der Waals surface area contributed by atoms with Gasteiger partial charge < -0.3 is 19.5 Å². The van der Waals surface area contributed by atoms with Crippen molar-refractivity contribution in [3.05, 3.63) is 48.6 Å². The van der Waals surface area contributed by atoms with Crippen LogP contribution in [0.4, 0.5) is 0 Å². The van der Waals surface area contributed by atoms with Gasteiger partial charge >= 0.3 is 0 Å². The molecule has 1 heterocycles. The molecule has 1 saturated carbocycles. The average Bonchev–Trinajstić information content (AvgIpc) is 2.71. The van der Waals surface area contributed by atoms with Crippen molar-refractivity contribution in [2.45, 2.75) is 57.3 Å². The zero-order valence-electron chi connectivity index (χ0n) is 16.6. The third kappa shape index (κ3) is 5.20. The molecule has 4 heteroatoms. The SMILES string of the molecule is C=CCCNCCC1(COCc2ccccc2)CCCCC12OCCCO2. The molecule has 1 aromatic carbocycles. The van der Waals surface area contributed by atoms with E-state index in [9.17, 15) is 0 Å². The molecule has 1 aliphatic carbocycles. The lowest BCUT2D eigenvalue weighted by Crippen LogP contribution is -2.59. The summed E-state index contributed by atoms with van der Waals surface area (Å²) in [6.07, 6.45) is 9.43. The van der Waals surface area contributed by atoms with Gasteiger partial charge in [0.1, 0.15) is 0 Å². The maximum atomic E-state index is 6.36. The van der Waals surface area contributed by atoms with Crippen molar-refractivity contribution >= 4 is 0 Å². The predicted molar refractivity (Wildman–Crippen MR) is 109 cm³/mol. The molecule has 1 aliphatic heterocycles. The monoisotopic (exact) mass is 373 g/mol. The molecule has 0 radical (unpaired) electrons. The van der Waals surface area contributed by atoms with Gasteiger partial charge in [0.15, 0.2) is 5.79 Å². The first-order valence-corrected chi connectivity index (χ1v) is 10.5. The quantitative estimate of drug-likeness (QED) is 0.486. The third-order valence-corrected chi connectivity index (χ3v) is 5.97. The highest BCUT2D eigenvalue weighted by Crippen LogP contribution is 2.51. The van der Waals surface area contributed by atoms with Crippen LogP contribution in [0.3, 0.4) is 0 Å². The molecule has 1 saturated heterocycles. The Hall–Kier alpha value is -1.20. The van der Waals surface area contributed by atoms with Gasteiger partial charge in [0.2, 0.25) is 0 Å². The zero-order chi connectivity index (χ0) is 18.8. The summed E-state index contributed by atoms with van der Waals surface area (Å²) < 4.78 is 19.0. The van der Waals surface area contributed by atoms with E-state index in [4.69, 9.17) is 14.2 Å². The van der Waals surface area contributed by atoms with E-state index in [-0.39, 0.29) is 5.41 Å². The summed E-state index contributed by atoms with van der Waals surface area (Å²) >= 11 is 0. The highest BCUT2D eigenvalue weighted by molar-refractivity contribution is 5.13. The minimum atomic E-state index is -0.472. The minimum absolute atomic E-state index is 0.0817. The molecule has 27 heavy (non-hydrogen) atoms. The molecular formula is C23H35NO3. The highest BCUT2D eigenvalue weighted by atomic mass is 16.7. The Morgan fingerprint density at radius 3 is 2.59 bits per heavy atom. The normalized spacial score (nSPS) is 24.7. The molecule has 1 N–H and O–H groups in total. The van der Waals surface area contributed by atoms with Crippen molar-refractivity contribution in [1.29, 1.82) is 0 Å². The Labute approximate surface area is 164 Å². The van der Waals surface area contributed by atoms with Crippen LogP contribution >= 0.6 is 0 Å². The van der Waals surface area contributed by atoms with Crippen molar-refractivity contribution in [1.82, 2.24) is 5.32 Å². The largest absolute Gasteiger partial charge is 0.376 e. The minimum Gasteiger partial charge on any atom is -0.376 e. The Bertz CT molecular complexity index is 548. The summed E-state index contributed by atoms with van der Waals surface area (Å²) in [5.74, 6) is -0.472. The van der Waals surface area contributed by atoms with Gasteiger partial charge in [-0.2, -0.15) is 0 Å². The molecule has 1 spiro atoms. The van der Waals surface area contributed by atoms with Crippen LogP contribution in [-0.2, 0) is 20.8 Å². The summed E-state index contributed by atoms with van der Waals surface area (Å²) in [5.41, 5.74) is 1.13. The van der Waals surface area contributed by atoms with Gasteiger partial charge in [-0.15, -0.1) is 6.58 Å². The van der Waals surface area contributed by atoms with Gasteiger partial charge in [0.25, 0.3) is 0 Å². The molecule has 2 fully saturated rings. The van der Waals surface area contributed by atoms with E-state index in [1.807, 2.05) is 12.1 Å². The van der Waals surface area contributed by atoms with E-state index in [2.05, 4.69) is 36.2 Å². The predicted octanol–water partition coefficient (Wildman–Crippen LogP) is 4.45. The van der Waals surface area contributed by atoms with Gasteiger partial charge in [-0.3, -0.25) is 0 Å². The first kappa shape index (κ1) is 20.5. The molecule has 150 valence electrons. The number of hydrogen-bond donors (Lipinski definition) is 1. The van der Waals surface area contributed by atoms with E-state index in [1.165, 1.54) is 18.4 Å². The van der Waals surface area contributed by atoms with Gasteiger partial charge in [-0.05, 0) is 50.8 Å². The topological polar surface area (TPSA) is 39.7 Å². The number of ether oxygens (including phenoxy) is 3. The fourth-order valence-electron chi connectivity index (χ4n) is 4.47. The van der Waals surface area contributed by atoms with Crippen LogP contribution in [0, 0.1) is 5.41 Å². The van der Waals surface area contributed by atoms with Crippen LogP contribution in [0.25, 0.3) is 0 Å². The fraction of sp³-hybridized carbons (Fsp3) is 0.652. The third-order valence-electron chi connectivity index (χ3n) is 5.97. The van der Waals surface area contributed by atoms with Crippen molar-refractivity contribution in [2.24, 2.45) is 5.41 Å². The fourth-order valence-corrected chi connectivity index (χ4v) is 4.47. The van der Waals surface area contributed by atoms with E-state index < -0.39 is 5.79 Å². The molecule has 1 aromatic rings. The van der Waals surface area contributed by atoms with Crippen molar-refractivity contribution in [2.75, 3.05) is 32.9 Å². The van der Waals surface area contributed by atoms with Crippen molar-refractivity contribution in [3.8, 4) is 0 Å². The lowest BCUT2D eigenvalue weighted by Gasteiger charge is -2.54. The summed E-state index contributed by atoms with van der Waals surface area (Å²) in [5, 5.41) is 3.55. The lowest BCUT2D eigenvalue weighted by atomic mass is 9.67. The van der Waals surface area contributed by atoms with Gasteiger partial charge in [0, 0.05) is 11.8 Å². The lowest BCUT2D eigenvalue weighted by molar-refractivity contribution is -0.346. The van der Waals surface area contributed by atoms with E-state index in [0.29, 0.717) is 13.2 Å². The van der Waals surface area contributed by atoms with Gasteiger partial charge in [-0.1, -0.05) is 42.8 Å². The van der Waals surface area contributed by atoms with Gasteiger partial charge in [0.05, 0.1) is 26.4 Å². The highest BCUT2D eigenvalue weighted by Gasteiger charge is 2.55. The van der Waals surface area contributed by atoms with E-state index >= 15 is 0 Å². The zero-order valence-corrected chi connectivity index (χ0v) is 16.6. The van der Waals surface area contributed by atoms with E-state index in [0.717, 1.165) is 58.4 Å². The summed E-state index contributed by atoms with van der Waals surface area (Å²) in [4.78, 5) is 0. The van der Waals surface area contributed by atoms with Crippen LogP contribution in [0.2, 0.25) is 0 Å². The molecule has 1 unspecified atom stereocenters. The van der Waals surface area contributed by atoms with Crippen LogP contribution in [0.1, 0.15) is 50.5 Å². The van der Waals surface area contributed by atoms with Crippen molar-refractivity contribution < 1.29 is 14.2 Å². The second-order valence-electron chi connectivity index (χ2n) is 7.85. The molecule has 2 aliphatic rings. The maximum Gasteiger partial charge on any atom is 0.176 e. The smallest absolute Gasteiger partial charge is 0.176 e. The van der Waals surface area contributed by atoms with Crippen LogP contribution in [-0.4, -0.2) is 38.7 Å². The number of nitrogens with one attached hydrogen (secondary N) is 1. The summed E-state index contributed by atoms with van der Waals surface area (Å²) in [7, 11) is 0. The van der Waals surface area contributed by atoms with E-state index in [1.54, 1.807) is 0 Å². The molecular weight excluding hydrogens is 338 g/mol. The number of rotatable bonds is 10. The Kier molecular flexibility index (Phi) is 7.89. The maximum absolute atomic E-state index is 6.36. The van der Waals surface area contributed by atoms with Crippen LogP contribution < -0.4 is 5.32 Å². The molecule has 4 nitrogen and oxygen atoms in total. The molecule has 0 aromatic heterocycles. The average molecular weight is 374 g/mol. The second-order valence-corrected chi connectivity index (χ2v) is 7.85. The van der Waals surface area contributed by atoms with Crippen LogP contribution in [0.15, 0.2) is 43.0 Å². The van der Waals surface area contributed by atoms with Crippen LogP contribution in [0.5, 0.6) is 0 Å². The second kappa shape index (κ2) is 10.4. The Morgan fingerprint density at radius 2 is 1.81 bits per heavy atom. The summed E-state index contributed by atoms with van der Waals surface area (Å²) in [6.45, 7) is 8.65. The first-order chi connectivity index (χ1) is 13.3. The Morgan fingerprint density at radius 1 is 1.04 bits per heavy atom. The molecule has 3 rings (SSSR count). The molecule has 0 amide bonds. The molecule has 1 atom stereocenters. The Balaban J connectivity index is 1.67. The number of hydrogen-bond acceptors (Lipinski definition) is 4. The standard InChI is InChI=1S/C23H35NO3/c1-2-3-15-24-16-14-22(20-25-19-21-10-5-4-6-11-21)12-7-8-13-23(22)26-17-9-18-27-23/h2,4-6,10-11,24H,1,3,7-9,12-20H2. The first-order valence-electron chi connectivity index (χ1n) is 10.5. The molecule has 0 bridgehead atoms. The summed E-state index contributed by atoms with van der Waals surface area (Å²) in [6, 6.07) is 10.4. The number of benzene rings is 1. The van der Waals surface area contributed by atoms with Crippen molar-refractivity contribution in [3.63, 3.8) is 0 Å².